The topological polar surface area (TPSA) is 93.9 Å². The van der Waals surface area contributed by atoms with Crippen molar-refractivity contribution in [2.45, 2.75) is 55.0 Å². The minimum atomic E-state index is -3.41. The second kappa shape index (κ2) is 11.0. The van der Waals surface area contributed by atoms with Crippen molar-refractivity contribution in [1.29, 1.82) is 0 Å². The van der Waals surface area contributed by atoms with E-state index in [0.29, 0.717) is 23.8 Å². The molecule has 0 bridgehead atoms. The Morgan fingerprint density at radius 1 is 0.938 bits per heavy atom. The second-order valence-electron chi connectivity index (χ2n) is 7.78. The normalized spacial score (nSPS) is 15.1. The van der Waals surface area contributed by atoms with Gasteiger partial charge in [0.05, 0.1) is 11.6 Å². The monoisotopic (exact) mass is 472 g/mol. The first-order valence-corrected chi connectivity index (χ1v) is 13.5. The zero-order chi connectivity index (χ0) is 22.2. The number of rotatable bonds is 10. The van der Waals surface area contributed by atoms with E-state index in [-0.39, 0.29) is 0 Å². The molecule has 0 N–H and O–H groups in total. The number of tetrazole rings is 1. The highest BCUT2D eigenvalue weighted by Crippen LogP contribution is 2.23. The first kappa shape index (κ1) is 22.9. The van der Waals surface area contributed by atoms with Gasteiger partial charge in [-0.05, 0) is 48.8 Å². The SMILES string of the molecule is O=S(=O)(c1ccc(SCCCCCn2nnc(-c3ccccc3)n2)nc1)N1CCCCC1. The molecule has 3 heterocycles. The van der Waals surface area contributed by atoms with Crippen LogP contribution < -0.4 is 0 Å². The molecule has 0 unspecified atom stereocenters. The van der Waals surface area contributed by atoms with Crippen LogP contribution in [0.4, 0.5) is 0 Å². The molecule has 1 aliphatic heterocycles. The zero-order valence-electron chi connectivity index (χ0n) is 18.0. The first-order valence-electron chi connectivity index (χ1n) is 11.1. The molecule has 32 heavy (non-hydrogen) atoms. The lowest BCUT2D eigenvalue weighted by molar-refractivity contribution is 0.346. The lowest BCUT2D eigenvalue weighted by atomic mass is 10.2. The largest absolute Gasteiger partial charge is 0.249 e. The number of aromatic nitrogens is 5. The highest BCUT2D eigenvalue weighted by molar-refractivity contribution is 7.99. The molecule has 0 aliphatic carbocycles. The van der Waals surface area contributed by atoms with Gasteiger partial charge in [0, 0.05) is 24.8 Å². The number of pyridine rings is 1. The van der Waals surface area contributed by atoms with Crippen LogP contribution in [0.25, 0.3) is 11.4 Å². The van der Waals surface area contributed by atoms with Crippen LogP contribution >= 0.6 is 11.8 Å². The van der Waals surface area contributed by atoms with Gasteiger partial charge in [-0.3, -0.25) is 0 Å². The van der Waals surface area contributed by atoms with Crippen molar-refractivity contribution in [3.05, 3.63) is 48.7 Å². The number of unbranched alkanes of at least 4 members (excludes halogenated alkanes) is 2. The fraction of sp³-hybridized carbons (Fsp3) is 0.455. The Hall–Kier alpha value is -2.30. The Balaban J connectivity index is 1.17. The van der Waals surface area contributed by atoms with Crippen molar-refractivity contribution in [2.24, 2.45) is 0 Å². The predicted molar refractivity (Wildman–Crippen MR) is 125 cm³/mol. The summed E-state index contributed by atoms with van der Waals surface area (Å²) < 4.78 is 27.0. The van der Waals surface area contributed by atoms with Gasteiger partial charge < -0.3 is 0 Å². The maximum atomic E-state index is 12.7. The van der Waals surface area contributed by atoms with Crippen LogP contribution in [0.3, 0.4) is 0 Å². The molecular weight excluding hydrogens is 444 g/mol. The summed E-state index contributed by atoms with van der Waals surface area (Å²) in [6.07, 6.45) is 7.53. The number of piperidine rings is 1. The highest BCUT2D eigenvalue weighted by Gasteiger charge is 2.26. The van der Waals surface area contributed by atoms with Gasteiger partial charge in [-0.1, -0.05) is 43.2 Å². The molecule has 8 nitrogen and oxygen atoms in total. The van der Waals surface area contributed by atoms with Gasteiger partial charge in [-0.25, -0.2) is 13.4 Å². The summed E-state index contributed by atoms with van der Waals surface area (Å²) in [7, 11) is -3.41. The molecule has 1 fully saturated rings. The lowest BCUT2D eigenvalue weighted by Gasteiger charge is -2.25. The van der Waals surface area contributed by atoms with Crippen LogP contribution in [-0.2, 0) is 16.6 Å². The van der Waals surface area contributed by atoms with E-state index >= 15 is 0 Å². The predicted octanol–water partition coefficient (Wildman–Crippen LogP) is 3.87. The molecule has 0 saturated carbocycles. The maximum Gasteiger partial charge on any atom is 0.244 e. The summed E-state index contributed by atoms with van der Waals surface area (Å²) in [4.78, 5) is 6.30. The Kier molecular flexibility index (Phi) is 7.88. The Morgan fingerprint density at radius 2 is 1.75 bits per heavy atom. The lowest BCUT2D eigenvalue weighted by Crippen LogP contribution is -2.35. The molecule has 1 aliphatic rings. The van der Waals surface area contributed by atoms with Gasteiger partial charge in [0.2, 0.25) is 15.8 Å². The Bertz CT molecular complexity index is 1080. The van der Waals surface area contributed by atoms with Crippen LogP contribution in [0.2, 0.25) is 0 Å². The van der Waals surface area contributed by atoms with E-state index < -0.39 is 10.0 Å². The third-order valence-corrected chi connectivity index (χ3v) is 8.31. The average Bonchev–Trinajstić information content (AvgIpc) is 3.32. The summed E-state index contributed by atoms with van der Waals surface area (Å²) in [5.41, 5.74) is 0.970. The Morgan fingerprint density at radius 3 is 2.50 bits per heavy atom. The average molecular weight is 473 g/mol. The Labute approximate surface area is 193 Å². The van der Waals surface area contributed by atoms with Crippen molar-refractivity contribution in [3.8, 4) is 11.4 Å². The van der Waals surface area contributed by atoms with Gasteiger partial charge in [0.1, 0.15) is 4.90 Å². The third kappa shape index (κ3) is 5.93. The fourth-order valence-electron chi connectivity index (χ4n) is 3.61. The molecule has 3 aromatic rings. The van der Waals surface area contributed by atoms with E-state index in [9.17, 15) is 8.42 Å². The fourth-order valence-corrected chi connectivity index (χ4v) is 5.92. The van der Waals surface area contributed by atoms with E-state index in [4.69, 9.17) is 0 Å². The molecule has 0 atom stereocenters. The molecule has 0 spiro atoms. The minimum absolute atomic E-state index is 0.291. The van der Waals surface area contributed by atoms with E-state index in [0.717, 1.165) is 61.4 Å². The van der Waals surface area contributed by atoms with Crippen LogP contribution in [0.15, 0.2) is 58.6 Å². The molecule has 1 aromatic carbocycles. The molecular formula is C22H28N6O2S2. The van der Waals surface area contributed by atoms with Gasteiger partial charge in [0.25, 0.3) is 0 Å². The van der Waals surface area contributed by atoms with E-state index in [1.54, 1.807) is 26.9 Å². The number of hydrogen-bond acceptors (Lipinski definition) is 7. The number of aryl methyl sites for hydroxylation is 1. The van der Waals surface area contributed by atoms with Gasteiger partial charge in [-0.15, -0.1) is 22.0 Å². The van der Waals surface area contributed by atoms with Crippen molar-refractivity contribution in [1.82, 2.24) is 29.5 Å². The summed E-state index contributed by atoms with van der Waals surface area (Å²) in [6.45, 7) is 1.96. The van der Waals surface area contributed by atoms with Gasteiger partial charge in [-0.2, -0.15) is 9.10 Å². The molecule has 1 saturated heterocycles. The maximum absolute atomic E-state index is 12.7. The van der Waals surface area contributed by atoms with E-state index in [1.165, 1.54) is 6.20 Å². The summed E-state index contributed by atoms with van der Waals surface area (Å²) in [5.74, 6) is 1.59. The quantitative estimate of drug-likeness (QED) is 0.326. The summed E-state index contributed by atoms with van der Waals surface area (Å²) in [5, 5.41) is 13.5. The number of hydrogen-bond donors (Lipinski definition) is 0. The van der Waals surface area contributed by atoms with Crippen LogP contribution in [0, 0.1) is 0 Å². The molecule has 0 radical (unpaired) electrons. The molecule has 0 amide bonds. The smallest absolute Gasteiger partial charge is 0.244 e. The summed E-state index contributed by atoms with van der Waals surface area (Å²) in [6, 6.07) is 13.3. The summed E-state index contributed by atoms with van der Waals surface area (Å²) >= 11 is 1.65. The molecule has 2 aromatic heterocycles. The molecule has 10 heteroatoms. The second-order valence-corrected chi connectivity index (χ2v) is 10.8. The first-order chi connectivity index (χ1) is 15.6. The van der Waals surface area contributed by atoms with E-state index in [2.05, 4.69) is 20.4 Å². The number of benzene rings is 1. The number of thioether (sulfide) groups is 1. The third-order valence-electron chi connectivity index (χ3n) is 5.40. The van der Waals surface area contributed by atoms with Crippen molar-refractivity contribution < 1.29 is 8.42 Å². The minimum Gasteiger partial charge on any atom is -0.249 e. The van der Waals surface area contributed by atoms with Gasteiger partial charge >= 0.3 is 0 Å². The van der Waals surface area contributed by atoms with Crippen LogP contribution in [0.5, 0.6) is 0 Å². The van der Waals surface area contributed by atoms with Gasteiger partial charge in [0.15, 0.2) is 0 Å². The standard InChI is InChI=1S/C22H28N6O2S2/c29-32(30,27-14-6-2-7-15-27)20-12-13-21(23-18-20)31-17-9-3-8-16-28-25-22(24-26-28)19-10-4-1-5-11-19/h1,4-5,10-13,18H,2-3,6-9,14-17H2. The number of sulfonamides is 1. The van der Waals surface area contributed by atoms with Crippen molar-refractivity contribution in [3.63, 3.8) is 0 Å². The van der Waals surface area contributed by atoms with Crippen molar-refractivity contribution >= 4 is 21.8 Å². The zero-order valence-corrected chi connectivity index (χ0v) is 19.6. The van der Waals surface area contributed by atoms with Crippen LogP contribution in [0.1, 0.15) is 38.5 Å². The van der Waals surface area contributed by atoms with E-state index in [1.807, 2.05) is 36.4 Å². The molecule has 170 valence electrons. The number of nitrogens with zero attached hydrogens (tertiary/aromatic N) is 6. The molecule has 4 rings (SSSR count). The van der Waals surface area contributed by atoms with Crippen molar-refractivity contribution in [2.75, 3.05) is 18.8 Å². The van der Waals surface area contributed by atoms with Crippen LogP contribution in [-0.4, -0.2) is 56.8 Å². The highest BCUT2D eigenvalue weighted by atomic mass is 32.2.